The molecule has 0 amide bonds. The first-order chi connectivity index (χ1) is 8.51. The first-order valence-corrected chi connectivity index (χ1v) is 5.43. The Morgan fingerprint density at radius 3 is 2.56 bits per heavy atom. The van der Waals surface area contributed by atoms with Gasteiger partial charge in [0.1, 0.15) is 19.0 Å². The molecule has 1 aromatic rings. The molecule has 1 rings (SSSR count). The fourth-order valence-corrected chi connectivity index (χ4v) is 1.20. The van der Waals surface area contributed by atoms with Crippen LogP contribution in [0.25, 0.3) is 0 Å². The Morgan fingerprint density at radius 2 is 2.00 bits per heavy atom. The summed E-state index contributed by atoms with van der Waals surface area (Å²) >= 11 is 0. The van der Waals surface area contributed by atoms with Crippen molar-refractivity contribution in [2.45, 2.75) is 12.6 Å². The van der Waals surface area contributed by atoms with E-state index in [1.807, 2.05) is 0 Å². The standard InChI is InChI=1S/C11H15F3N2O2/c12-11(13,14)8-17-5-6-18-10-2-1-9(3-4-15)16-7-10/h1-2,7H,3-6,8,15H2. The molecular formula is C11H15F3N2O2. The van der Waals surface area contributed by atoms with Gasteiger partial charge in [-0.2, -0.15) is 13.2 Å². The molecule has 0 bridgehead atoms. The van der Waals surface area contributed by atoms with E-state index in [2.05, 4.69) is 9.72 Å². The first kappa shape index (κ1) is 14.7. The highest BCUT2D eigenvalue weighted by Gasteiger charge is 2.27. The quantitative estimate of drug-likeness (QED) is 0.759. The van der Waals surface area contributed by atoms with Crippen LogP contribution in [-0.2, 0) is 11.2 Å². The van der Waals surface area contributed by atoms with Crippen LogP contribution in [0.1, 0.15) is 5.69 Å². The van der Waals surface area contributed by atoms with E-state index >= 15 is 0 Å². The van der Waals surface area contributed by atoms with Gasteiger partial charge in [0.05, 0.1) is 12.8 Å². The molecule has 0 aromatic carbocycles. The number of hydrogen-bond acceptors (Lipinski definition) is 4. The number of halogens is 3. The summed E-state index contributed by atoms with van der Waals surface area (Å²) in [7, 11) is 0. The van der Waals surface area contributed by atoms with Gasteiger partial charge < -0.3 is 15.2 Å². The topological polar surface area (TPSA) is 57.4 Å². The highest BCUT2D eigenvalue weighted by Crippen LogP contribution is 2.14. The molecular weight excluding hydrogens is 249 g/mol. The lowest BCUT2D eigenvalue weighted by Gasteiger charge is -2.09. The molecule has 0 saturated heterocycles. The molecule has 7 heteroatoms. The zero-order valence-electron chi connectivity index (χ0n) is 9.74. The predicted molar refractivity (Wildman–Crippen MR) is 59.4 cm³/mol. The summed E-state index contributed by atoms with van der Waals surface area (Å²) in [5.41, 5.74) is 6.21. The van der Waals surface area contributed by atoms with Crippen molar-refractivity contribution < 1.29 is 22.6 Å². The monoisotopic (exact) mass is 264 g/mol. The molecule has 0 aliphatic carbocycles. The Hall–Kier alpha value is -1.34. The van der Waals surface area contributed by atoms with E-state index in [1.54, 1.807) is 12.1 Å². The normalized spacial score (nSPS) is 11.6. The van der Waals surface area contributed by atoms with Crippen LogP contribution in [0.15, 0.2) is 18.3 Å². The molecule has 1 aromatic heterocycles. The van der Waals surface area contributed by atoms with Crippen molar-refractivity contribution >= 4 is 0 Å². The average molecular weight is 264 g/mol. The van der Waals surface area contributed by atoms with Gasteiger partial charge in [-0.1, -0.05) is 0 Å². The second-order valence-electron chi connectivity index (χ2n) is 3.54. The lowest BCUT2D eigenvalue weighted by atomic mass is 10.3. The number of ether oxygens (including phenoxy) is 2. The number of hydrogen-bond donors (Lipinski definition) is 1. The third kappa shape index (κ3) is 6.41. The average Bonchev–Trinajstić information content (AvgIpc) is 2.30. The fourth-order valence-electron chi connectivity index (χ4n) is 1.20. The highest BCUT2D eigenvalue weighted by molar-refractivity contribution is 5.19. The fraction of sp³-hybridized carbons (Fsp3) is 0.545. The van der Waals surface area contributed by atoms with Gasteiger partial charge in [-0.05, 0) is 18.7 Å². The number of nitrogens with two attached hydrogens (primary N) is 1. The molecule has 102 valence electrons. The molecule has 0 spiro atoms. The number of aromatic nitrogens is 1. The van der Waals surface area contributed by atoms with Crippen LogP contribution in [0.3, 0.4) is 0 Å². The minimum absolute atomic E-state index is 0.0496. The molecule has 2 N–H and O–H groups in total. The van der Waals surface area contributed by atoms with Crippen LogP contribution in [0.5, 0.6) is 5.75 Å². The van der Waals surface area contributed by atoms with Crippen molar-refractivity contribution in [3.05, 3.63) is 24.0 Å². The maximum atomic E-state index is 11.7. The molecule has 0 radical (unpaired) electrons. The van der Waals surface area contributed by atoms with Crippen molar-refractivity contribution in [1.29, 1.82) is 0 Å². The summed E-state index contributed by atoms with van der Waals surface area (Å²) in [6.07, 6.45) is -2.12. The summed E-state index contributed by atoms with van der Waals surface area (Å²) < 4.78 is 44.8. The lowest BCUT2D eigenvalue weighted by molar-refractivity contribution is -0.175. The number of rotatable bonds is 7. The summed E-state index contributed by atoms with van der Waals surface area (Å²) in [6.45, 7) is -0.819. The van der Waals surface area contributed by atoms with Gasteiger partial charge in [0.25, 0.3) is 0 Å². The van der Waals surface area contributed by atoms with Crippen LogP contribution in [-0.4, -0.2) is 37.5 Å². The van der Waals surface area contributed by atoms with Crippen molar-refractivity contribution in [3.63, 3.8) is 0 Å². The van der Waals surface area contributed by atoms with E-state index in [0.717, 1.165) is 5.69 Å². The Labute approximate surface area is 103 Å². The SMILES string of the molecule is NCCc1ccc(OCCOCC(F)(F)F)cn1. The molecule has 0 unspecified atom stereocenters. The van der Waals surface area contributed by atoms with E-state index in [9.17, 15) is 13.2 Å². The number of nitrogens with zero attached hydrogens (tertiary/aromatic N) is 1. The minimum Gasteiger partial charge on any atom is -0.490 e. The van der Waals surface area contributed by atoms with E-state index in [-0.39, 0.29) is 13.2 Å². The maximum Gasteiger partial charge on any atom is 0.411 e. The van der Waals surface area contributed by atoms with Crippen LogP contribution in [0, 0.1) is 0 Å². The summed E-state index contributed by atoms with van der Waals surface area (Å²) in [5, 5.41) is 0. The lowest BCUT2D eigenvalue weighted by Crippen LogP contribution is -2.19. The summed E-state index contributed by atoms with van der Waals surface area (Å²) in [5.74, 6) is 0.492. The van der Waals surface area contributed by atoms with Gasteiger partial charge in [0.2, 0.25) is 0 Å². The van der Waals surface area contributed by atoms with Crippen LogP contribution in [0.4, 0.5) is 13.2 Å². The second kappa shape index (κ2) is 7.17. The Balaban J connectivity index is 2.19. The number of alkyl halides is 3. The Bertz CT molecular complexity index is 341. The molecule has 0 atom stereocenters. The molecule has 0 saturated carbocycles. The highest BCUT2D eigenvalue weighted by atomic mass is 19.4. The van der Waals surface area contributed by atoms with Gasteiger partial charge in [0, 0.05) is 12.1 Å². The maximum absolute atomic E-state index is 11.7. The largest absolute Gasteiger partial charge is 0.490 e. The van der Waals surface area contributed by atoms with Crippen molar-refractivity contribution in [2.75, 3.05) is 26.4 Å². The van der Waals surface area contributed by atoms with E-state index in [1.165, 1.54) is 6.20 Å². The van der Waals surface area contributed by atoms with Crippen molar-refractivity contribution in [2.24, 2.45) is 5.73 Å². The first-order valence-electron chi connectivity index (χ1n) is 5.43. The zero-order valence-corrected chi connectivity index (χ0v) is 9.74. The second-order valence-corrected chi connectivity index (χ2v) is 3.54. The molecule has 0 aliphatic heterocycles. The smallest absolute Gasteiger partial charge is 0.411 e. The van der Waals surface area contributed by atoms with Crippen molar-refractivity contribution in [3.8, 4) is 5.75 Å². The van der Waals surface area contributed by atoms with Gasteiger partial charge >= 0.3 is 6.18 Å². The minimum atomic E-state index is -4.30. The molecule has 18 heavy (non-hydrogen) atoms. The molecule has 0 aliphatic rings. The molecule has 0 fully saturated rings. The van der Waals surface area contributed by atoms with E-state index in [4.69, 9.17) is 10.5 Å². The molecule has 1 heterocycles. The molecule has 4 nitrogen and oxygen atoms in total. The van der Waals surface area contributed by atoms with Gasteiger partial charge in [-0.25, -0.2) is 0 Å². The number of pyridine rings is 1. The van der Waals surface area contributed by atoms with Gasteiger partial charge in [-0.15, -0.1) is 0 Å². The van der Waals surface area contributed by atoms with Gasteiger partial charge in [0.15, 0.2) is 0 Å². The zero-order chi connectivity index (χ0) is 13.4. The van der Waals surface area contributed by atoms with Gasteiger partial charge in [-0.3, -0.25) is 4.98 Å². The Kier molecular flexibility index (Phi) is 5.87. The van der Waals surface area contributed by atoms with Crippen LogP contribution < -0.4 is 10.5 Å². The van der Waals surface area contributed by atoms with E-state index < -0.39 is 12.8 Å². The summed E-state index contributed by atoms with van der Waals surface area (Å²) in [6, 6.07) is 3.46. The third-order valence-corrected chi connectivity index (χ3v) is 1.96. The Morgan fingerprint density at radius 1 is 1.22 bits per heavy atom. The van der Waals surface area contributed by atoms with Crippen molar-refractivity contribution in [1.82, 2.24) is 4.98 Å². The predicted octanol–water partition coefficient (Wildman–Crippen LogP) is 1.54. The third-order valence-electron chi connectivity index (χ3n) is 1.96. The van der Waals surface area contributed by atoms with Crippen LogP contribution >= 0.6 is 0 Å². The van der Waals surface area contributed by atoms with E-state index in [0.29, 0.717) is 18.7 Å². The van der Waals surface area contributed by atoms with Crippen LogP contribution in [0.2, 0.25) is 0 Å². The summed E-state index contributed by atoms with van der Waals surface area (Å²) in [4.78, 5) is 4.08.